The first-order valence-corrected chi connectivity index (χ1v) is 7.92. The molecular weight excluding hydrogens is 280 g/mol. The first-order valence-electron chi connectivity index (χ1n) is 7.38. The van der Waals surface area contributed by atoms with E-state index in [-0.39, 0.29) is 0 Å². The van der Waals surface area contributed by atoms with E-state index in [0.29, 0.717) is 11.8 Å². The first-order chi connectivity index (χ1) is 10.3. The molecule has 21 heavy (non-hydrogen) atoms. The molecule has 0 saturated heterocycles. The number of para-hydroxylation sites is 1. The van der Waals surface area contributed by atoms with Crippen LogP contribution in [0.2, 0.25) is 0 Å². The van der Waals surface area contributed by atoms with Gasteiger partial charge in [-0.05, 0) is 30.0 Å². The molecule has 0 atom stereocenters. The number of imidazole rings is 1. The molecule has 1 saturated carbocycles. The maximum absolute atomic E-state index is 5.87. The van der Waals surface area contributed by atoms with Crippen LogP contribution in [0.25, 0.3) is 22.2 Å². The lowest BCUT2D eigenvalue weighted by Crippen LogP contribution is -1.94. The molecule has 0 spiro atoms. The molecule has 0 bridgehead atoms. The molecule has 1 aliphatic rings. The van der Waals surface area contributed by atoms with Crippen LogP contribution in [0.1, 0.15) is 30.1 Å². The van der Waals surface area contributed by atoms with Crippen molar-refractivity contribution in [2.45, 2.75) is 24.6 Å². The zero-order valence-corrected chi connectivity index (χ0v) is 12.8. The molecule has 1 heterocycles. The van der Waals surface area contributed by atoms with Gasteiger partial charge >= 0.3 is 0 Å². The minimum absolute atomic E-state index is 0.555. The van der Waals surface area contributed by atoms with Crippen LogP contribution in [0.3, 0.4) is 0 Å². The highest BCUT2D eigenvalue weighted by atomic mass is 35.5. The van der Waals surface area contributed by atoms with E-state index in [4.69, 9.17) is 16.6 Å². The maximum atomic E-state index is 5.87. The summed E-state index contributed by atoms with van der Waals surface area (Å²) < 4.78 is 2.25. The van der Waals surface area contributed by atoms with E-state index in [0.717, 1.165) is 11.1 Å². The van der Waals surface area contributed by atoms with Crippen molar-refractivity contribution in [3.63, 3.8) is 0 Å². The topological polar surface area (TPSA) is 17.8 Å². The number of benzene rings is 2. The van der Waals surface area contributed by atoms with Gasteiger partial charge in [0.2, 0.25) is 0 Å². The van der Waals surface area contributed by atoms with Crippen molar-refractivity contribution < 1.29 is 0 Å². The van der Waals surface area contributed by atoms with Gasteiger partial charge in [-0.3, -0.25) is 0 Å². The Balaban J connectivity index is 1.89. The fourth-order valence-electron chi connectivity index (χ4n) is 2.95. The third-order valence-corrected chi connectivity index (χ3v) is 4.62. The third kappa shape index (κ3) is 2.14. The van der Waals surface area contributed by atoms with Crippen molar-refractivity contribution >= 4 is 22.6 Å². The standard InChI is InChI=1S/C18H17ClN2/c1-21-16-4-2-3-15(13-7-5-12(11-19)6-8-13)17(16)20-18(21)14-9-10-14/h2-8,14H,9-11H2,1H3. The molecule has 0 aliphatic heterocycles. The van der Waals surface area contributed by atoms with Gasteiger partial charge in [0.25, 0.3) is 0 Å². The molecule has 1 aliphatic carbocycles. The van der Waals surface area contributed by atoms with Crippen molar-refractivity contribution in [3.8, 4) is 11.1 Å². The monoisotopic (exact) mass is 296 g/mol. The van der Waals surface area contributed by atoms with E-state index in [1.807, 2.05) is 0 Å². The molecule has 4 rings (SSSR count). The fourth-order valence-corrected chi connectivity index (χ4v) is 3.12. The van der Waals surface area contributed by atoms with Crippen LogP contribution in [-0.2, 0) is 12.9 Å². The Bertz CT molecular complexity index is 798. The molecule has 2 nitrogen and oxygen atoms in total. The van der Waals surface area contributed by atoms with Gasteiger partial charge in [-0.1, -0.05) is 36.4 Å². The fraction of sp³-hybridized carbons (Fsp3) is 0.278. The molecule has 106 valence electrons. The summed E-state index contributed by atoms with van der Waals surface area (Å²) in [7, 11) is 2.13. The molecule has 2 aromatic carbocycles. The molecule has 0 unspecified atom stereocenters. The number of alkyl halides is 1. The Morgan fingerprint density at radius 1 is 1.14 bits per heavy atom. The van der Waals surface area contributed by atoms with Crippen molar-refractivity contribution in [3.05, 3.63) is 53.9 Å². The molecule has 1 aromatic heterocycles. The molecular formula is C18H17ClN2. The van der Waals surface area contributed by atoms with Crippen LogP contribution in [0.15, 0.2) is 42.5 Å². The Morgan fingerprint density at radius 2 is 1.90 bits per heavy atom. The van der Waals surface area contributed by atoms with Crippen molar-refractivity contribution in [1.82, 2.24) is 9.55 Å². The zero-order valence-electron chi connectivity index (χ0n) is 12.0. The average molecular weight is 297 g/mol. The van der Waals surface area contributed by atoms with Crippen LogP contribution in [0, 0.1) is 0 Å². The summed E-state index contributed by atoms with van der Waals surface area (Å²) in [4.78, 5) is 4.93. The summed E-state index contributed by atoms with van der Waals surface area (Å²) in [6.45, 7) is 0. The van der Waals surface area contributed by atoms with Crippen molar-refractivity contribution in [2.75, 3.05) is 0 Å². The summed E-state index contributed by atoms with van der Waals surface area (Å²) >= 11 is 5.87. The summed E-state index contributed by atoms with van der Waals surface area (Å²) in [5, 5.41) is 0. The SMILES string of the molecule is Cn1c(C2CC2)nc2c(-c3ccc(CCl)cc3)cccc21. The Hall–Kier alpha value is -1.80. The van der Waals surface area contributed by atoms with Crippen LogP contribution >= 0.6 is 11.6 Å². The van der Waals surface area contributed by atoms with Crippen LogP contribution in [0.5, 0.6) is 0 Å². The first kappa shape index (κ1) is 12.9. The van der Waals surface area contributed by atoms with Gasteiger partial charge in [-0.25, -0.2) is 4.98 Å². The minimum Gasteiger partial charge on any atom is -0.331 e. The van der Waals surface area contributed by atoms with Crippen LogP contribution < -0.4 is 0 Å². The van der Waals surface area contributed by atoms with Gasteiger partial charge in [0.1, 0.15) is 5.82 Å². The Morgan fingerprint density at radius 3 is 2.57 bits per heavy atom. The second kappa shape index (κ2) is 4.88. The normalized spacial score (nSPS) is 14.8. The van der Waals surface area contributed by atoms with Gasteiger partial charge < -0.3 is 4.57 Å². The van der Waals surface area contributed by atoms with Gasteiger partial charge in [-0.2, -0.15) is 0 Å². The highest BCUT2D eigenvalue weighted by molar-refractivity contribution is 6.17. The number of rotatable bonds is 3. The number of hydrogen-bond acceptors (Lipinski definition) is 1. The van der Waals surface area contributed by atoms with Gasteiger partial charge in [0, 0.05) is 24.4 Å². The van der Waals surface area contributed by atoms with Crippen molar-refractivity contribution in [2.24, 2.45) is 7.05 Å². The Labute approximate surface area is 129 Å². The third-order valence-electron chi connectivity index (χ3n) is 4.31. The lowest BCUT2D eigenvalue weighted by atomic mass is 10.0. The molecule has 0 radical (unpaired) electrons. The molecule has 0 N–H and O–H groups in total. The predicted octanol–water partition coefficient (Wildman–Crippen LogP) is 4.86. The number of aryl methyl sites for hydroxylation is 1. The Kier molecular flexibility index (Phi) is 3.00. The van der Waals surface area contributed by atoms with E-state index in [9.17, 15) is 0 Å². The number of halogens is 1. The quantitative estimate of drug-likeness (QED) is 0.631. The van der Waals surface area contributed by atoms with E-state index in [1.54, 1.807) is 0 Å². The second-order valence-corrected chi connectivity index (χ2v) is 6.07. The largest absolute Gasteiger partial charge is 0.331 e. The smallest absolute Gasteiger partial charge is 0.112 e. The van der Waals surface area contributed by atoms with E-state index < -0.39 is 0 Å². The number of fused-ring (bicyclic) bond motifs is 1. The number of aromatic nitrogens is 2. The highest BCUT2D eigenvalue weighted by Crippen LogP contribution is 2.41. The van der Waals surface area contributed by atoms with Crippen molar-refractivity contribution in [1.29, 1.82) is 0 Å². The molecule has 0 amide bonds. The van der Waals surface area contributed by atoms with Crippen LogP contribution in [-0.4, -0.2) is 9.55 Å². The summed E-state index contributed by atoms with van der Waals surface area (Å²) in [6, 6.07) is 14.9. The van der Waals surface area contributed by atoms with Gasteiger partial charge in [0.05, 0.1) is 11.0 Å². The van der Waals surface area contributed by atoms with E-state index in [1.165, 1.54) is 35.3 Å². The van der Waals surface area contributed by atoms with Gasteiger partial charge in [0.15, 0.2) is 0 Å². The lowest BCUT2D eigenvalue weighted by Gasteiger charge is -2.04. The number of hydrogen-bond donors (Lipinski definition) is 0. The summed E-state index contributed by atoms with van der Waals surface area (Å²) in [5.74, 6) is 2.45. The molecule has 1 fully saturated rings. The highest BCUT2D eigenvalue weighted by Gasteiger charge is 2.29. The number of nitrogens with zero attached hydrogens (tertiary/aromatic N) is 2. The lowest BCUT2D eigenvalue weighted by molar-refractivity contribution is 0.820. The summed E-state index contributed by atoms with van der Waals surface area (Å²) in [6.07, 6.45) is 2.55. The second-order valence-electron chi connectivity index (χ2n) is 5.81. The molecule has 3 aromatic rings. The summed E-state index contributed by atoms with van der Waals surface area (Å²) in [5.41, 5.74) is 5.88. The predicted molar refractivity (Wildman–Crippen MR) is 87.7 cm³/mol. The van der Waals surface area contributed by atoms with E-state index in [2.05, 4.69) is 54.1 Å². The van der Waals surface area contributed by atoms with Gasteiger partial charge in [-0.15, -0.1) is 11.6 Å². The zero-order chi connectivity index (χ0) is 14.4. The molecule has 3 heteroatoms. The maximum Gasteiger partial charge on any atom is 0.112 e. The van der Waals surface area contributed by atoms with E-state index >= 15 is 0 Å². The van der Waals surface area contributed by atoms with Crippen LogP contribution in [0.4, 0.5) is 0 Å². The minimum atomic E-state index is 0.555. The average Bonchev–Trinajstić information content (AvgIpc) is 3.32.